The molecule has 0 saturated heterocycles. The molecule has 1 aliphatic heterocycles. The third kappa shape index (κ3) is 2.83. The van der Waals surface area contributed by atoms with Gasteiger partial charge in [-0.2, -0.15) is 0 Å². The molecule has 8 heteroatoms. The number of pyridine rings is 1. The second kappa shape index (κ2) is 5.85. The van der Waals surface area contributed by atoms with Crippen molar-refractivity contribution in [3.63, 3.8) is 0 Å². The quantitative estimate of drug-likeness (QED) is 0.623. The van der Waals surface area contributed by atoms with Gasteiger partial charge in [-0.15, -0.1) is 0 Å². The number of nitro benzene ring substituents is 1. The van der Waals surface area contributed by atoms with E-state index in [9.17, 15) is 14.9 Å². The van der Waals surface area contributed by atoms with Crippen LogP contribution < -0.4 is 9.64 Å². The lowest BCUT2D eigenvalue weighted by Crippen LogP contribution is -2.38. The molecule has 0 fully saturated rings. The summed E-state index contributed by atoms with van der Waals surface area (Å²) in [5.41, 5.74) is 1.52. The summed E-state index contributed by atoms with van der Waals surface area (Å²) in [6, 6.07) is 5.74. The maximum Gasteiger partial charge on any atom is 0.287 e. The van der Waals surface area contributed by atoms with Crippen LogP contribution in [-0.2, 0) is 0 Å². The Kier molecular flexibility index (Phi) is 3.87. The van der Waals surface area contributed by atoms with E-state index < -0.39 is 4.92 Å². The molecule has 0 radical (unpaired) electrons. The molecule has 1 aromatic carbocycles. The number of fused-ring (bicyclic) bond motifs is 1. The maximum atomic E-state index is 12.7. The highest BCUT2D eigenvalue weighted by molar-refractivity contribution is 6.33. The molecule has 0 unspecified atom stereocenters. The van der Waals surface area contributed by atoms with Gasteiger partial charge in [0.2, 0.25) is 5.88 Å². The highest BCUT2D eigenvalue weighted by atomic mass is 35.5. The standard InChI is InChI=1S/C15H12ClN3O4/c1-9-6-13-14(17-8-9)23-5-4-18(13)15(20)10-2-3-12(19(21)22)11(16)7-10/h2-3,6-8H,4-5H2,1H3. The van der Waals surface area contributed by atoms with Crippen molar-refractivity contribution in [2.24, 2.45) is 0 Å². The van der Waals surface area contributed by atoms with Crippen LogP contribution >= 0.6 is 11.6 Å². The zero-order chi connectivity index (χ0) is 16.6. The fraction of sp³-hybridized carbons (Fsp3) is 0.200. The largest absolute Gasteiger partial charge is 0.474 e. The fourth-order valence-corrected chi connectivity index (χ4v) is 2.60. The number of anilines is 1. The normalized spacial score (nSPS) is 13.2. The molecule has 118 valence electrons. The van der Waals surface area contributed by atoms with Crippen molar-refractivity contribution < 1.29 is 14.5 Å². The lowest BCUT2D eigenvalue weighted by atomic mass is 10.1. The Morgan fingerprint density at radius 3 is 2.91 bits per heavy atom. The maximum absolute atomic E-state index is 12.7. The van der Waals surface area contributed by atoms with Gasteiger partial charge in [0.1, 0.15) is 17.3 Å². The molecule has 0 N–H and O–H groups in total. The number of ether oxygens (including phenoxy) is 1. The van der Waals surface area contributed by atoms with Gasteiger partial charge in [-0.1, -0.05) is 11.6 Å². The molecule has 0 saturated carbocycles. The molecule has 0 atom stereocenters. The number of hydrogen-bond acceptors (Lipinski definition) is 5. The first kappa shape index (κ1) is 15.2. The van der Waals surface area contributed by atoms with Gasteiger partial charge in [-0.05, 0) is 30.7 Å². The minimum atomic E-state index is -0.589. The topological polar surface area (TPSA) is 85.6 Å². The number of nitrogens with zero attached hydrogens (tertiary/aromatic N) is 3. The van der Waals surface area contributed by atoms with Crippen LogP contribution in [0, 0.1) is 17.0 Å². The molecule has 7 nitrogen and oxygen atoms in total. The van der Waals surface area contributed by atoms with E-state index in [-0.39, 0.29) is 22.2 Å². The van der Waals surface area contributed by atoms with Crippen LogP contribution in [0.15, 0.2) is 30.5 Å². The highest BCUT2D eigenvalue weighted by Gasteiger charge is 2.27. The van der Waals surface area contributed by atoms with Crippen LogP contribution in [0.3, 0.4) is 0 Å². The second-order valence-corrected chi connectivity index (χ2v) is 5.47. The van der Waals surface area contributed by atoms with Gasteiger partial charge in [-0.3, -0.25) is 14.9 Å². The van der Waals surface area contributed by atoms with Gasteiger partial charge >= 0.3 is 0 Å². The van der Waals surface area contributed by atoms with E-state index in [0.717, 1.165) is 5.56 Å². The van der Waals surface area contributed by atoms with Gasteiger partial charge in [0.25, 0.3) is 11.6 Å². The van der Waals surface area contributed by atoms with Crippen LogP contribution in [0.1, 0.15) is 15.9 Å². The molecule has 1 amide bonds. The predicted molar refractivity (Wildman–Crippen MR) is 84.3 cm³/mol. The molecule has 0 spiro atoms. The third-order valence-electron chi connectivity index (χ3n) is 3.45. The van der Waals surface area contributed by atoms with E-state index in [1.165, 1.54) is 23.1 Å². The van der Waals surface area contributed by atoms with Crippen LogP contribution in [0.25, 0.3) is 0 Å². The number of nitro groups is 1. The minimum Gasteiger partial charge on any atom is -0.474 e. The molecule has 2 aromatic rings. The Morgan fingerprint density at radius 1 is 1.43 bits per heavy atom. The SMILES string of the molecule is Cc1cnc2c(c1)N(C(=O)c1ccc([N+](=O)[O-])c(Cl)c1)CCO2. The first-order chi connectivity index (χ1) is 11.0. The van der Waals surface area contributed by atoms with E-state index in [1.807, 2.05) is 13.0 Å². The molecule has 0 bridgehead atoms. The number of rotatable bonds is 2. The van der Waals surface area contributed by atoms with Crippen LogP contribution in [0.4, 0.5) is 11.4 Å². The number of amides is 1. The number of halogens is 1. The lowest BCUT2D eigenvalue weighted by Gasteiger charge is -2.29. The Bertz CT molecular complexity index is 809. The van der Waals surface area contributed by atoms with Gasteiger partial charge < -0.3 is 9.64 Å². The summed E-state index contributed by atoms with van der Waals surface area (Å²) >= 11 is 5.88. The predicted octanol–water partition coefficient (Wildman–Crippen LogP) is 2.99. The number of aryl methyl sites for hydroxylation is 1. The van der Waals surface area contributed by atoms with Crippen molar-refractivity contribution >= 4 is 28.9 Å². The van der Waals surface area contributed by atoms with E-state index in [2.05, 4.69) is 4.98 Å². The molecule has 23 heavy (non-hydrogen) atoms. The molecular formula is C15H12ClN3O4. The molecule has 1 aliphatic rings. The Labute approximate surface area is 136 Å². The van der Waals surface area contributed by atoms with Crippen LogP contribution in [0.5, 0.6) is 5.88 Å². The third-order valence-corrected chi connectivity index (χ3v) is 3.75. The summed E-state index contributed by atoms with van der Waals surface area (Å²) < 4.78 is 5.45. The molecule has 0 aliphatic carbocycles. The van der Waals surface area contributed by atoms with Crippen molar-refractivity contribution in [2.75, 3.05) is 18.1 Å². The Balaban J connectivity index is 1.98. The minimum absolute atomic E-state index is 0.0725. The zero-order valence-electron chi connectivity index (χ0n) is 12.2. The lowest BCUT2D eigenvalue weighted by molar-refractivity contribution is -0.384. The first-order valence-electron chi connectivity index (χ1n) is 6.82. The summed E-state index contributed by atoms with van der Waals surface area (Å²) in [5.74, 6) is 0.0851. The van der Waals surface area contributed by atoms with Crippen LogP contribution in [0.2, 0.25) is 5.02 Å². The van der Waals surface area contributed by atoms with Gasteiger partial charge in [-0.25, -0.2) is 4.98 Å². The van der Waals surface area contributed by atoms with E-state index in [1.54, 1.807) is 6.20 Å². The van der Waals surface area contributed by atoms with Crippen molar-refractivity contribution in [3.8, 4) is 5.88 Å². The van der Waals surface area contributed by atoms with Crippen molar-refractivity contribution in [3.05, 3.63) is 56.7 Å². The number of carbonyl (C=O) groups excluding carboxylic acids is 1. The molecule has 2 heterocycles. The summed E-state index contributed by atoms with van der Waals surface area (Å²) in [6.45, 7) is 2.56. The van der Waals surface area contributed by atoms with E-state index in [4.69, 9.17) is 16.3 Å². The van der Waals surface area contributed by atoms with Crippen LogP contribution in [-0.4, -0.2) is 29.0 Å². The second-order valence-electron chi connectivity index (χ2n) is 5.07. The Morgan fingerprint density at radius 2 is 2.22 bits per heavy atom. The fourth-order valence-electron chi connectivity index (χ4n) is 2.35. The van der Waals surface area contributed by atoms with Crippen molar-refractivity contribution in [2.45, 2.75) is 6.92 Å². The smallest absolute Gasteiger partial charge is 0.287 e. The number of aromatic nitrogens is 1. The van der Waals surface area contributed by atoms with Gasteiger partial charge in [0, 0.05) is 17.8 Å². The van der Waals surface area contributed by atoms with Gasteiger partial charge in [0.15, 0.2) is 0 Å². The Hall–Kier alpha value is -2.67. The van der Waals surface area contributed by atoms with E-state index >= 15 is 0 Å². The van der Waals surface area contributed by atoms with Crippen molar-refractivity contribution in [1.82, 2.24) is 4.98 Å². The van der Waals surface area contributed by atoms with E-state index in [0.29, 0.717) is 24.7 Å². The molecule has 1 aromatic heterocycles. The number of benzene rings is 1. The zero-order valence-corrected chi connectivity index (χ0v) is 12.9. The van der Waals surface area contributed by atoms with Crippen molar-refractivity contribution in [1.29, 1.82) is 0 Å². The number of carbonyl (C=O) groups is 1. The summed E-state index contributed by atoms with van der Waals surface area (Å²) in [7, 11) is 0. The van der Waals surface area contributed by atoms with Gasteiger partial charge in [0.05, 0.1) is 11.5 Å². The average Bonchev–Trinajstić information content (AvgIpc) is 2.53. The summed E-state index contributed by atoms with van der Waals surface area (Å²) in [5, 5.41) is 10.7. The summed E-state index contributed by atoms with van der Waals surface area (Å²) in [6.07, 6.45) is 1.66. The summed E-state index contributed by atoms with van der Waals surface area (Å²) in [4.78, 5) is 28.6. The first-order valence-corrected chi connectivity index (χ1v) is 7.20. The number of hydrogen-bond donors (Lipinski definition) is 0. The monoisotopic (exact) mass is 333 g/mol. The molecular weight excluding hydrogens is 322 g/mol. The molecule has 3 rings (SSSR count). The average molecular weight is 334 g/mol. The highest BCUT2D eigenvalue weighted by Crippen LogP contribution is 2.32.